The number of aromatic nitrogens is 1. The molecule has 4 aliphatic rings. The number of nitrogens with one attached hydrogen (secondary N) is 3. The monoisotopic (exact) mass is 755 g/mol. The first-order valence-electron chi connectivity index (χ1n) is 19.1. The Morgan fingerprint density at radius 1 is 0.839 bits per heavy atom. The molecule has 4 aromatic carbocycles. The molecule has 288 valence electrons. The average molecular weight is 756 g/mol. The van der Waals surface area contributed by atoms with Gasteiger partial charge in [0, 0.05) is 55.3 Å². The van der Waals surface area contributed by atoms with Crippen molar-refractivity contribution in [1.29, 1.82) is 0 Å². The number of likely N-dealkylation sites (tertiary alicyclic amines) is 1. The van der Waals surface area contributed by atoms with Gasteiger partial charge in [-0.25, -0.2) is 0 Å². The quantitative estimate of drug-likeness (QED) is 0.109. The Morgan fingerprint density at radius 3 is 2.18 bits per heavy atom. The summed E-state index contributed by atoms with van der Waals surface area (Å²) in [6.45, 7) is 3.95. The number of aliphatic hydroxyl groups is 1. The van der Waals surface area contributed by atoms with Crippen molar-refractivity contribution in [1.82, 2.24) is 25.4 Å². The van der Waals surface area contributed by atoms with E-state index in [4.69, 9.17) is 0 Å². The third-order valence-electron chi connectivity index (χ3n) is 12.1. The van der Waals surface area contributed by atoms with E-state index in [0.29, 0.717) is 41.1 Å². The highest BCUT2D eigenvalue weighted by atomic mass is 16.4. The smallest absolute Gasteiger partial charge is 0.318 e. The summed E-state index contributed by atoms with van der Waals surface area (Å²) < 4.78 is 0. The Morgan fingerprint density at radius 2 is 1.52 bits per heavy atom. The predicted molar refractivity (Wildman–Crippen MR) is 210 cm³/mol. The maximum atomic E-state index is 14.1. The second-order valence-corrected chi connectivity index (χ2v) is 15.3. The van der Waals surface area contributed by atoms with Crippen molar-refractivity contribution in [2.45, 2.75) is 43.5 Å². The summed E-state index contributed by atoms with van der Waals surface area (Å²) >= 11 is 0. The van der Waals surface area contributed by atoms with Gasteiger partial charge in [-0.1, -0.05) is 60.7 Å². The summed E-state index contributed by atoms with van der Waals surface area (Å²) in [5, 5.41) is 38.4. The normalized spacial score (nSPS) is 23.3. The minimum absolute atomic E-state index is 0.0577. The van der Waals surface area contributed by atoms with Gasteiger partial charge in [0.15, 0.2) is 0 Å². The molecule has 12 heteroatoms. The number of aromatic amines is 1. The number of carbonyl (C=O) groups is 3. The van der Waals surface area contributed by atoms with E-state index < -0.39 is 23.5 Å². The van der Waals surface area contributed by atoms with Gasteiger partial charge in [-0.2, -0.15) is 0 Å². The fourth-order valence-electron chi connectivity index (χ4n) is 9.09. The number of benzene rings is 4. The maximum absolute atomic E-state index is 14.1. The zero-order valence-corrected chi connectivity index (χ0v) is 30.9. The van der Waals surface area contributed by atoms with Crippen LogP contribution in [0.5, 0.6) is 5.75 Å². The van der Waals surface area contributed by atoms with Crippen molar-refractivity contribution in [2.75, 3.05) is 32.7 Å². The number of pyridine rings is 1. The maximum Gasteiger partial charge on any atom is 0.318 e. The van der Waals surface area contributed by atoms with Crippen LogP contribution in [0.4, 0.5) is 0 Å². The first kappa shape index (κ1) is 37.1. The molecule has 6 N–H and O–H groups in total. The second-order valence-electron chi connectivity index (χ2n) is 15.3. The lowest BCUT2D eigenvalue weighted by molar-refractivity contribution is -0.162. The number of piperidine rings is 3. The summed E-state index contributed by atoms with van der Waals surface area (Å²) in [6, 6.07) is 29.2. The third kappa shape index (κ3) is 6.95. The third-order valence-corrected chi connectivity index (χ3v) is 12.1. The van der Waals surface area contributed by atoms with Crippen molar-refractivity contribution in [3.05, 3.63) is 147 Å². The molecule has 0 aliphatic carbocycles. The highest BCUT2D eigenvalue weighted by Gasteiger charge is 2.64. The van der Waals surface area contributed by atoms with Gasteiger partial charge in [-0.15, -0.1) is 0 Å². The number of hydrogen-bond acceptors (Lipinski definition) is 8. The first-order chi connectivity index (χ1) is 27.1. The van der Waals surface area contributed by atoms with Gasteiger partial charge in [-0.3, -0.25) is 19.2 Å². The van der Waals surface area contributed by atoms with Crippen molar-refractivity contribution >= 4 is 28.7 Å². The number of aliphatic carboxylic acids is 1. The van der Waals surface area contributed by atoms with Crippen LogP contribution in [0.15, 0.2) is 108 Å². The van der Waals surface area contributed by atoms with Crippen molar-refractivity contribution in [3.8, 4) is 5.75 Å². The number of phenolic OH excluding ortho intramolecular Hbond substituents is 1. The molecule has 9 rings (SSSR count). The Balaban J connectivity index is 0.866. The van der Waals surface area contributed by atoms with E-state index in [-0.39, 0.29) is 47.6 Å². The van der Waals surface area contributed by atoms with Gasteiger partial charge in [-0.05, 0) is 96.4 Å². The number of nitrogens with zero attached hydrogens (tertiary/aromatic N) is 2. The number of hydrogen-bond donors (Lipinski definition) is 6. The molecule has 12 nitrogen and oxygen atoms in total. The van der Waals surface area contributed by atoms with E-state index in [9.17, 15) is 34.5 Å². The van der Waals surface area contributed by atoms with E-state index in [1.54, 1.807) is 41.3 Å². The largest absolute Gasteiger partial charge is 0.506 e. The van der Waals surface area contributed by atoms with Crippen LogP contribution in [0.25, 0.3) is 10.9 Å². The van der Waals surface area contributed by atoms with Crippen LogP contribution in [0, 0.1) is 11.8 Å². The summed E-state index contributed by atoms with van der Waals surface area (Å²) in [7, 11) is 0. The van der Waals surface area contributed by atoms with E-state index in [1.165, 1.54) is 12.1 Å². The molecule has 2 bridgehead atoms. The van der Waals surface area contributed by atoms with Crippen LogP contribution in [0.3, 0.4) is 0 Å². The van der Waals surface area contributed by atoms with Crippen LogP contribution >= 0.6 is 0 Å². The van der Waals surface area contributed by atoms with E-state index in [0.717, 1.165) is 49.2 Å². The van der Waals surface area contributed by atoms with Gasteiger partial charge in [0.25, 0.3) is 11.8 Å². The molecule has 2 amide bonds. The summed E-state index contributed by atoms with van der Waals surface area (Å²) in [5.74, 6) is -1.03. The Bertz CT molecular complexity index is 2310. The van der Waals surface area contributed by atoms with Gasteiger partial charge >= 0.3 is 5.97 Å². The predicted octanol–water partition coefficient (Wildman–Crippen LogP) is 4.18. The average Bonchev–Trinajstić information content (AvgIpc) is 3.21. The number of fused-ring (bicyclic) bond motifs is 4. The number of carbonyl (C=O) groups excluding carboxylic acids is 2. The molecule has 5 aromatic rings. The molecule has 4 atom stereocenters. The van der Waals surface area contributed by atoms with Gasteiger partial charge in [0.05, 0.1) is 17.7 Å². The molecule has 4 aliphatic heterocycles. The highest BCUT2D eigenvalue weighted by molar-refractivity contribution is 6.00. The molecule has 0 saturated carbocycles. The number of H-pyrrole nitrogens is 1. The number of amides is 2. The fourth-order valence-corrected chi connectivity index (χ4v) is 9.09. The summed E-state index contributed by atoms with van der Waals surface area (Å²) in [4.78, 5) is 58.8. The zero-order chi connectivity index (χ0) is 39.0. The van der Waals surface area contributed by atoms with Crippen molar-refractivity contribution in [2.24, 2.45) is 11.8 Å². The number of aliphatic hydroxyl groups excluding tert-OH is 1. The topological polar surface area (TPSA) is 175 Å². The van der Waals surface area contributed by atoms with Crippen LogP contribution < -0.4 is 16.2 Å². The Labute approximate surface area is 323 Å². The molecule has 4 fully saturated rings. The molecule has 4 unspecified atom stereocenters. The van der Waals surface area contributed by atoms with Crippen LogP contribution in [0.2, 0.25) is 0 Å². The van der Waals surface area contributed by atoms with Crippen LogP contribution in [-0.2, 0) is 23.3 Å². The van der Waals surface area contributed by atoms with E-state index >= 15 is 0 Å². The lowest BCUT2D eigenvalue weighted by Gasteiger charge is -2.61. The molecule has 56 heavy (non-hydrogen) atoms. The molecule has 5 heterocycles. The summed E-state index contributed by atoms with van der Waals surface area (Å²) in [6.07, 6.45) is 1.15. The number of rotatable bonds is 12. The Hall–Kier alpha value is -5.82. The van der Waals surface area contributed by atoms with Crippen molar-refractivity contribution < 1.29 is 29.7 Å². The molecule has 0 radical (unpaired) electrons. The lowest BCUT2D eigenvalue weighted by atomic mass is 9.58. The van der Waals surface area contributed by atoms with Crippen LogP contribution in [-0.4, -0.2) is 86.7 Å². The fraction of sp³-hybridized carbons (Fsp3) is 0.318. The van der Waals surface area contributed by atoms with E-state index in [1.807, 2.05) is 54.6 Å². The van der Waals surface area contributed by atoms with Gasteiger partial charge in [0.2, 0.25) is 5.56 Å². The minimum atomic E-state index is -1.17. The minimum Gasteiger partial charge on any atom is -0.506 e. The number of carboxylic acid groups (broad SMARTS) is 1. The Kier molecular flexibility index (Phi) is 10.2. The van der Waals surface area contributed by atoms with Gasteiger partial charge in [0.1, 0.15) is 11.2 Å². The van der Waals surface area contributed by atoms with E-state index in [2.05, 4.69) is 20.5 Å². The van der Waals surface area contributed by atoms with Crippen LogP contribution in [0.1, 0.15) is 61.9 Å². The number of aromatic hydroxyl groups is 1. The number of carboxylic acids is 1. The molecular weight excluding hydrogens is 711 g/mol. The number of phenols is 1. The molecule has 0 spiro atoms. The first-order valence-corrected chi connectivity index (χ1v) is 19.1. The highest BCUT2D eigenvalue weighted by Crippen LogP contribution is 2.50. The molecule has 1 aromatic heterocycles. The SMILES string of the molecule is O=C(NCc1ccc(CNCC(O)c2ccc(O)c3[nH]c(=O)ccc23)cc1)c1ccc(C(=O)N2CC(C(=O)O)(c3ccccc3)C2C2CN3CCC2CC3)cc1. The molecule has 4 saturated heterocycles. The van der Waals surface area contributed by atoms with Crippen molar-refractivity contribution in [3.63, 3.8) is 0 Å². The summed E-state index contributed by atoms with van der Waals surface area (Å²) in [5.41, 5.74) is 2.80. The standard InChI is InChI=1S/C44H45N5O7/c50-36-16-14-33(34-15-17-38(52)47-39(34)36)37(51)24-45-22-27-6-8-28(9-7-27)23-46-41(53)30-10-12-31(13-11-30)42(54)49-26-44(43(55)56,32-4-2-1-3-5-32)40(49)35-25-48-20-18-29(35)19-21-48/h1-17,29,35,37,40,45,50-51H,18-26H2,(H,46,53)(H,47,52)(H,55,56). The molecular formula is C44H45N5O7. The lowest BCUT2D eigenvalue weighted by Crippen LogP contribution is -2.76. The zero-order valence-electron chi connectivity index (χ0n) is 30.9. The van der Waals surface area contributed by atoms with Gasteiger partial charge < -0.3 is 40.7 Å². The second kappa shape index (κ2) is 15.4.